The Bertz CT molecular complexity index is 1270. The van der Waals surface area contributed by atoms with Gasteiger partial charge in [0.05, 0.1) is 7.11 Å². The van der Waals surface area contributed by atoms with Crippen LogP contribution in [0, 0.1) is 6.92 Å². The summed E-state index contributed by atoms with van der Waals surface area (Å²) in [5.41, 5.74) is 7.82. The molecular weight excluding hydrogens is 462 g/mol. The van der Waals surface area contributed by atoms with E-state index >= 15 is 0 Å². The van der Waals surface area contributed by atoms with Crippen LogP contribution in [-0.2, 0) is 22.6 Å². The molecule has 0 atom stereocenters. The van der Waals surface area contributed by atoms with Crippen molar-refractivity contribution in [3.8, 4) is 11.5 Å². The summed E-state index contributed by atoms with van der Waals surface area (Å²) in [6.07, 6.45) is 6.88. The summed E-state index contributed by atoms with van der Waals surface area (Å²) < 4.78 is 12.2. The van der Waals surface area contributed by atoms with Crippen molar-refractivity contribution in [3.05, 3.63) is 93.8 Å². The normalized spacial score (nSPS) is 18.1. The molecule has 0 spiro atoms. The molecule has 0 bridgehead atoms. The molecule has 0 fully saturated rings. The van der Waals surface area contributed by atoms with Crippen molar-refractivity contribution in [2.45, 2.75) is 64.4 Å². The zero-order chi connectivity index (χ0) is 26.1. The lowest BCUT2D eigenvalue weighted by Gasteiger charge is -2.42. The number of ether oxygens (including phenoxy) is 2. The fourth-order valence-electron chi connectivity index (χ4n) is 6.00. The lowest BCUT2D eigenvalue weighted by molar-refractivity contribution is -0.117. The van der Waals surface area contributed by atoms with E-state index in [1.807, 2.05) is 19.2 Å². The largest absolute Gasteiger partial charge is 0.493 e. The minimum atomic E-state index is -0.370. The van der Waals surface area contributed by atoms with E-state index in [-0.39, 0.29) is 17.5 Å². The number of methoxy groups -OCH3 is 1. The Hall–Kier alpha value is -3.60. The van der Waals surface area contributed by atoms with Gasteiger partial charge in [-0.1, -0.05) is 42.0 Å². The van der Waals surface area contributed by atoms with Crippen LogP contribution >= 0.6 is 0 Å². The van der Waals surface area contributed by atoms with E-state index in [1.165, 1.54) is 5.56 Å². The van der Waals surface area contributed by atoms with Gasteiger partial charge in [0.25, 0.3) is 0 Å². The number of allylic oxidation sites excluding steroid dienone is 5. The van der Waals surface area contributed by atoms with E-state index in [1.54, 1.807) is 7.11 Å². The van der Waals surface area contributed by atoms with Crippen molar-refractivity contribution in [3.63, 3.8) is 0 Å². The molecule has 2 aromatic carbocycles. The topological polar surface area (TPSA) is 55.8 Å². The van der Waals surface area contributed by atoms with E-state index in [0.717, 1.165) is 64.9 Å². The van der Waals surface area contributed by atoms with Crippen LogP contribution in [0.15, 0.2) is 71.6 Å². The second kappa shape index (κ2) is 10.4. The first-order valence-corrected chi connectivity index (χ1v) is 13.2. The van der Waals surface area contributed by atoms with E-state index in [9.17, 15) is 9.59 Å². The SMILES string of the molecule is C=CCc1cc(C2C3=C(CCCC3=O)N(C)C3=C2C(=O)CCC3)cc(OC)c1OCc1ccc(C)cc1. The van der Waals surface area contributed by atoms with Crippen molar-refractivity contribution in [2.75, 3.05) is 14.2 Å². The quantitative estimate of drug-likeness (QED) is 0.417. The maximum atomic E-state index is 13.4. The van der Waals surface area contributed by atoms with Crippen LogP contribution in [0.2, 0.25) is 0 Å². The van der Waals surface area contributed by atoms with Gasteiger partial charge in [-0.2, -0.15) is 0 Å². The molecule has 0 saturated heterocycles. The van der Waals surface area contributed by atoms with Crippen molar-refractivity contribution < 1.29 is 19.1 Å². The summed E-state index contributed by atoms with van der Waals surface area (Å²) in [4.78, 5) is 28.9. The van der Waals surface area contributed by atoms with Gasteiger partial charge in [-0.05, 0) is 56.2 Å². The molecule has 2 aliphatic carbocycles. The zero-order valence-corrected chi connectivity index (χ0v) is 22.1. The fourth-order valence-corrected chi connectivity index (χ4v) is 6.00. The number of hydrogen-bond acceptors (Lipinski definition) is 5. The van der Waals surface area contributed by atoms with E-state index < -0.39 is 0 Å². The molecular formula is C32H35NO4. The Morgan fingerprint density at radius 1 is 0.973 bits per heavy atom. The van der Waals surface area contributed by atoms with Crippen molar-refractivity contribution in [1.82, 2.24) is 4.90 Å². The summed E-state index contributed by atoms with van der Waals surface area (Å²) in [6.45, 7) is 6.43. The van der Waals surface area contributed by atoms with Gasteiger partial charge in [0.2, 0.25) is 0 Å². The van der Waals surface area contributed by atoms with Gasteiger partial charge < -0.3 is 14.4 Å². The second-order valence-electron chi connectivity index (χ2n) is 10.2. The first-order valence-electron chi connectivity index (χ1n) is 13.2. The molecule has 5 rings (SSSR count). The Morgan fingerprint density at radius 2 is 1.59 bits per heavy atom. The number of benzene rings is 2. The third-order valence-corrected chi connectivity index (χ3v) is 7.82. The number of Topliss-reactive ketones (excluding diaryl/α,β-unsaturated/α-hetero) is 2. The van der Waals surface area contributed by atoms with Crippen LogP contribution in [0.5, 0.6) is 11.5 Å². The first kappa shape index (κ1) is 25.1. The summed E-state index contributed by atoms with van der Waals surface area (Å²) in [5.74, 6) is 1.20. The number of nitrogens with zero attached hydrogens (tertiary/aromatic N) is 1. The summed E-state index contributed by atoms with van der Waals surface area (Å²) in [7, 11) is 3.65. The van der Waals surface area contributed by atoms with Crippen molar-refractivity contribution in [1.29, 1.82) is 0 Å². The first-order chi connectivity index (χ1) is 17.9. The minimum absolute atomic E-state index is 0.145. The van der Waals surface area contributed by atoms with Gasteiger partial charge in [0.15, 0.2) is 23.1 Å². The molecule has 0 amide bonds. The summed E-state index contributed by atoms with van der Waals surface area (Å²) in [6, 6.07) is 12.3. The predicted octanol–water partition coefficient (Wildman–Crippen LogP) is 6.35. The Kier molecular flexibility index (Phi) is 7.05. The number of carbonyl (C=O) groups is 2. The number of aryl methyl sites for hydroxylation is 1. The van der Waals surface area contributed by atoms with E-state index in [4.69, 9.17) is 9.47 Å². The smallest absolute Gasteiger partial charge is 0.165 e. The molecule has 0 aromatic heterocycles. The lowest BCUT2D eigenvalue weighted by Crippen LogP contribution is -2.37. The van der Waals surface area contributed by atoms with Gasteiger partial charge in [0.1, 0.15) is 6.61 Å². The number of ketones is 2. The Balaban J connectivity index is 1.62. The molecule has 1 heterocycles. The van der Waals surface area contributed by atoms with Crippen LogP contribution in [-0.4, -0.2) is 30.6 Å². The highest BCUT2D eigenvalue weighted by atomic mass is 16.5. The molecule has 0 unspecified atom stereocenters. The Morgan fingerprint density at radius 3 is 2.16 bits per heavy atom. The van der Waals surface area contributed by atoms with Gasteiger partial charge in [-0.15, -0.1) is 6.58 Å². The molecule has 5 nitrogen and oxygen atoms in total. The number of rotatable bonds is 7. The van der Waals surface area contributed by atoms with Gasteiger partial charge in [-0.25, -0.2) is 0 Å². The number of carbonyl (C=O) groups excluding carboxylic acids is 2. The van der Waals surface area contributed by atoms with Gasteiger partial charge in [-0.3, -0.25) is 9.59 Å². The number of hydrogen-bond donors (Lipinski definition) is 0. The Labute approximate surface area is 219 Å². The van der Waals surface area contributed by atoms with Crippen LogP contribution in [0.3, 0.4) is 0 Å². The monoisotopic (exact) mass is 497 g/mol. The average Bonchev–Trinajstić information content (AvgIpc) is 2.90. The molecule has 37 heavy (non-hydrogen) atoms. The maximum Gasteiger partial charge on any atom is 0.165 e. The summed E-state index contributed by atoms with van der Waals surface area (Å²) >= 11 is 0. The molecule has 1 aliphatic heterocycles. The second-order valence-corrected chi connectivity index (χ2v) is 10.2. The highest BCUT2D eigenvalue weighted by Crippen LogP contribution is 2.50. The highest BCUT2D eigenvalue weighted by Gasteiger charge is 2.42. The van der Waals surface area contributed by atoms with Crippen molar-refractivity contribution in [2.24, 2.45) is 0 Å². The zero-order valence-electron chi connectivity index (χ0n) is 22.1. The van der Waals surface area contributed by atoms with Crippen molar-refractivity contribution >= 4 is 11.6 Å². The minimum Gasteiger partial charge on any atom is -0.493 e. The fraction of sp³-hybridized carbons (Fsp3) is 0.375. The van der Waals surface area contributed by atoms with Crippen LogP contribution < -0.4 is 9.47 Å². The molecule has 0 radical (unpaired) electrons. The highest BCUT2D eigenvalue weighted by molar-refractivity contribution is 6.06. The molecule has 192 valence electrons. The molecule has 5 heteroatoms. The third kappa shape index (κ3) is 4.63. The van der Waals surface area contributed by atoms with Crippen LogP contribution in [0.1, 0.15) is 66.7 Å². The summed E-state index contributed by atoms with van der Waals surface area (Å²) in [5, 5.41) is 0. The average molecular weight is 498 g/mol. The standard InChI is InChI=1S/C32H35NO4/c1-5-8-22-17-23(18-28(36-4)32(22)37-19-21-15-13-20(2)14-16-21)29-30-24(9-6-11-26(30)34)33(3)25-10-7-12-27(35)31(25)29/h5,13-18,29H,1,6-12,19H2,2-4H3. The molecule has 0 N–H and O–H groups in total. The van der Waals surface area contributed by atoms with Gasteiger partial charge in [0, 0.05) is 53.9 Å². The van der Waals surface area contributed by atoms with Crippen LogP contribution in [0.4, 0.5) is 0 Å². The lowest BCUT2D eigenvalue weighted by atomic mass is 9.71. The predicted molar refractivity (Wildman–Crippen MR) is 145 cm³/mol. The van der Waals surface area contributed by atoms with E-state index in [2.05, 4.69) is 48.7 Å². The molecule has 3 aliphatic rings. The van der Waals surface area contributed by atoms with Crippen LogP contribution in [0.25, 0.3) is 0 Å². The maximum absolute atomic E-state index is 13.4. The molecule has 0 saturated carbocycles. The van der Waals surface area contributed by atoms with E-state index in [0.29, 0.717) is 37.4 Å². The third-order valence-electron chi connectivity index (χ3n) is 7.82. The van der Waals surface area contributed by atoms with Gasteiger partial charge >= 0.3 is 0 Å². The molecule has 2 aromatic rings.